The molecule has 2 nitrogen and oxygen atoms in total. The van der Waals surface area contributed by atoms with E-state index >= 15 is 0 Å². The maximum Gasteiger partial charge on any atom is 0.148 e. The third-order valence-corrected chi connectivity index (χ3v) is 3.62. The number of rotatable bonds is 4. The second-order valence-electron chi connectivity index (χ2n) is 5.22. The minimum absolute atomic E-state index is 0.354. The molecule has 1 aliphatic carbocycles. The Balaban J connectivity index is 2.17. The third kappa shape index (κ3) is 8.55. The summed E-state index contributed by atoms with van der Waals surface area (Å²) in [5.74, 6) is 2.46. The summed E-state index contributed by atoms with van der Waals surface area (Å²) in [5, 5.41) is 0. The van der Waals surface area contributed by atoms with Gasteiger partial charge < -0.3 is 9.47 Å². The standard InChI is InChI=1S/C16H28O2/c1-2-14-17-15-18-16-12-10-8-6-4-3-5-7-9-11-13-16/h1,16H,3-15H2. The summed E-state index contributed by atoms with van der Waals surface area (Å²) in [5.41, 5.74) is 0. The highest BCUT2D eigenvalue weighted by molar-refractivity contribution is 4.82. The van der Waals surface area contributed by atoms with Crippen molar-refractivity contribution in [2.75, 3.05) is 13.4 Å². The van der Waals surface area contributed by atoms with Crippen molar-refractivity contribution in [3.63, 3.8) is 0 Å². The molecular formula is C16H28O2. The van der Waals surface area contributed by atoms with Crippen LogP contribution in [-0.4, -0.2) is 19.5 Å². The lowest BCUT2D eigenvalue weighted by Gasteiger charge is -2.18. The van der Waals surface area contributed by atoms with Crippen molar-refractivity contribution < 1.29 is 9.47 Å². The Labute approximate surface area is 112 Å². The van der Waals surface area contributed by atoms with Gasteiger partial charge in [0.25, 0.3) is 0 Å². The van der Waals surface area contributed by atoms with Gasteiger partial charge in [-0.1, -0.05) is 63.7 Å². The van der Waals surface area contributed by atoms with E-state index in [2.05, 4.69) is 5.92 Å². The number of hydrogen-bond donors (Lipinski definition) is 0. The molecule has 0 aromatic rings. The number of terminal acetylenes is 1. The fourth-order valence-electron chi connectivity index (χ4n) is 2.54. The molecule has 1 saturated carbocycles. The zero-order valence-corrected chi connectivity index (χ0v) is 11.7. The van der Waals surface area contributed by atoms with Gasteiger partial charge in [-0.15, -0.1) is 6.42 Å². The molecule has 18 heavy (non-hydrogen) atoms. The molecule has 1 fully saturated rings. The maximum atomic E-state index is 5.77. The van der Waals surface area contributed by atoms with Gasteiger partial charge in [0, 0.05) is 0 Å². The molecule has 1 rings (SSSR count). The van der Waals surface area contributed by atoms with E-state index in [1.807, 2.05) is 0 Å². The highest BCUT2D eigenvalue weighted by atomic mass is 16.7. The summed E-state index contributed by atoms with van der Waals surface area (Å²) in [7, 11) is 0. The van der Waals surface area contributed by atoms with Crippen molar-refractivity contribution in [1.29, 1.82) is 0 Å². The third-order valence-electron chi connectivity index (χ3n) is 3.62. The smallest absolute Gasteiger partial charge is 0.148 e. The molecule has 0 spiro atoms. The molecule has 0 radical (unpaired) electrons. The van der Waals surface area contributed by atoms with Crippen LogP contribution in [0, 0.1) is 12.3 Å². The summed E-state index contributed by atoms with van der Waals surface area (Å²) >= 11 is 0. The van der Waals surface area contributed by atoms with Crippen molar-refractivity contribution in [1.82, 2.24) is 0 Å². The van der Waals surface area contributed by atoms with Gasteiger partial charge >= 0.3 is 0 Å². The normalized spacial score (nSPS) is 20.6. The van der Waals surface area contributed by atoms with Gasteiger partial charge in [0.1, 0.15) is 13.4 Å². The Morgan fingerprint density at radius 3 is 1.83 bits per heavy atom. The van der Waals surface area contributed by atoms with Crippen LogP contribution < -0.4 is 0 Å². The van der Waals surface area contributed by atoms with E-state index in [0.29, 0.717) is 19.5 Å². The van der Waals surface area contributed by atoms with Crippen LogP contribution in [0.25, 0.3) is 0 Å². The predicted molar refractivity (Wildman–Crippen MR) is 75.3 cm³/mol. The molecule has 0 amide bonds. The lowest BCUT2D eigenvalue weighted by atomic mass is 9.99. The van der Waals surface area contributed by atoms with Crippen molar-refractivity contribution in [2.45, 2.75) is 76.7 Å². The van der Waals surface area contributed by atoms with E-state index < -0.39 is 0 Å². The topological polar surface area (TPSA) is 18.5 Å². The van der Waals surface area contributed by atoms with Crippen LogP contribution in [0.2, 0.25) is 0 Å². The summed E-state index contributed by atoms with van der Waals surface area (Å²) < 4.78 is 11.0. The van der Waals surface area contributed by atoms with Crippen LogP contribution >= 0.6 is 0 Å². The van der Waals surface area contributed by atoms with Gasteiger partial charge in [0.2, 0.25) is 0 Å². The quantitative estimate of drug-likeness (QED) is 0.422. The monoisotopic (exact) mass is 252 g/mol. The first-order valence-corrected chi connectivity index (χ1v) is 7.56. The molecule has 2 heteroatoms. The Morgan fingerprint density at radius 1 is 0.833 bits per heavy atom. The van der Waals surface area contributed by atoms with Gasteiger partial charge in [-0.3, -0.25) is 0 Å². The number of hydrogen-bond acceptors (Lipinski definition) is 2. The fraction of sp³-hybridized carbons (Fsp3) is 0.875. The fourth-order valence-corrected chi connectivity index (χ4v) is 2.54. The van der Waals surface area contributed by atoms with Crippen LogP contribution in [0.5, 0.6) is 0 Å². The average Bonchev–Trinajstić information content (AvgIpc) is 2.37. The van der Waals surface area contributed by atoms with Gasteiger partial charge in [-0.05, 0) is 12.8 Å². The molecule has 0 aromatic carbocycles. The Bertz CT molecular complexity index is 208. The molecule has 0 aliphatic heterocycles. The molecule has 0 aromatic heterocycles. The van der Waals surface area contributed by atoms with Crippen molar-refractivity contribution >= 4 is 0 Å². The summed E-state index contributed by atoms with van der Waals surface area (Å²) in [6.45, 7) is 0.710. The zero-order valence-electron chi connectivity index (χ0n) is 11.7. The molecule has 0 bridgehead atoms. The minimum Gasteiger partial charge on any atom is -0.352 e. The average molecular weight is 252 g/mol. The predicted octanol–water partition coefficient (Wildman–Crippen LogP) is 4.28. The van der Waals surface area contributed by atoms with Gasteiger partial charge in [0.15, 0.2) is 0 Å². The minimum atomic E-state index is 0.354. The SMILES string of the molecule is C#CCOCOC1CCCCCCCCCCC1. The molecule has 104 valence electrons. The maximum absolute atomic E-state index is 5.77. The lowest BCUT2D eigenvalue weighted by Crippen LogP contribution is -2.15. The summed E-state index contributed by atoms with van der Waals surface area (Å²) in [6.07, 6.45) is 20.2. The highest BCUT2D eigenvalue weighted by Crippen LogP contribution is 2.18. The lowest BCUT2D eigenvalue weighted by molar-refractivity contribution is -0.0862. The van der Waals surface area contributed by atoms with Crippen molar-refractivity contribution in [2.24, 2.45) is 0 Å². The molecule has 0 unspecified atom stereocenters. The summed E-state index contributed by atoms with van der Waals surface area (Å²) in [6, 6.07) is 0. The molecule has 0 heterocycles. The second kappa shape index (κ2) is 11.6. The molecule has 0 saturated heterocycles. The van der Waals surface area contributed by atoms with Crippen molar-refractivity contribution in [3.05, 3.63) is 0 Å². The largest absolute Gasteiger partial charge is 0.352 e. The Morgan fingerprint density at radius 2 is 1.33 bits per heavy atom. The van der Waals surface area contributed by atoms with E-state index in [-0.39, 0.29) is 0 Å². The highest BCUT2D eigenvalue weighted by Gasteiger charge is 2.09. The van der Waals surface area contributed by atoms with E-state index in [1.165, 1.54) is 70.6 Å². The van der Waals surface area contributed by atoms with Gasteiger partial charge in [-0.2, -0.15) is 0 Å². The molecule has 0 atom stereocenters. The summed E-state index contributed by atoms with van der Waals surface area (Å²) in [4.78, 5) is 0. The first-order valence-electron chi connectivity index (χ1n) is 7.56. The molecular weight excluding hydrogens is 224 g/mol. The first-order chi connectivity index (χ1) is 8.93. The van der Waals surface area contributed by atoms with Crippen LogP contribution in [0.4, 0.5) is 0 Å². The van der Waals surface area contributed by atoms with E-state index in [4.69, 9.17) is 15.9 Å². The van der Waals surface area contributed by atoms with Crippen LogP contribution in [-0.2, 0) is 9.47 Å². The van der Waals surface area contributed by atoms with Crippen LogP contribution in [0.3, 0.4) is 0 Å². The number of ether oxygens (including phenoxy) is 2. The Kier molecular flexibility index (Phi) is 9.98. The van der Waals surface area contributed by atoms with Gasteiger partial charge in [0.05, 0.1) is 6.10 Å². The van der Waals surface area contributed by atoms with Crippen molar-refractivity contribution in [3.8, 4) is 12.3 Å². The first kappa shape index (κ1) is 15.5. The van der Waals surface area contributed by atoms with Gasteiger partial charge in [-0.25, -0.2) is 0 Å². The van der Waals surface area contributed by atoms with Crippen LogP contribution in [0.1, 0.15) is 70.6 Å². The molecule has 1 aliphatic rings. The van der Waals surface area contributed by atoms with E-state index in [1.54, 1.807) is 0 Å². The zero-order chi connectivity index (χ0) is 12.9. The molecule has 0 N–H and O–H groups in total. The van der Waals surface area contributed by atoms with E-state index in [9.17, 15) is 0 Å². The second-order valence-corrected chi connectivity index (χ2v) is 5.22. The van der Waals surface area contributed by atoms with E-state index in [0.717, 1.165) is 0 Å². The van der Waals surface area contributed by atoms with Crippen LogP contribution in [0.15, 0.2) is 0 Å². The Hall–Kier alpha value is -0.520.